The minimum atomic E-state index is -0.280. The molecule has 0 unspecified atom stereocenters. The van der Waals surface area contributed by atoms with Crippen LogP contribution >= 0.6 is 23.2 Å². The van der Waals surface area contributed by atoms with E-state index in [1.165, 1.54) is 18.5 Å². The van der Waals surface area contributed by atoms with Gasteiger partial charge in [-0.15, -0.1) is 0 Å². The maximum atomic E-state index is 11.7. The third-order valence-electron chi connectivity index (χ3n) is 1.91. The van der Waals surface area contributed by atoms with Crippen LogP contribution in [-0.2, 0) is 4.74 Å². The van der Waals surface area contributed by atoms with E-state index in [9.17, 15) is 4.79 Å². The van der Waals surface area contributed by atoms with Gasteiger partial charge in [0.05, 0.1) is 23.5 Å². The number of hydrogen-bond donors (Lipinski definition) is 1. The Morgan fingerprint density at radius 1 is 1.59 bits per heavy atom. The first-order valence-electron chi connectivity index (χ1n) is 4.97. The molecule has 1 rings (SSSR count). The summed E-state index contributed by atoms with van der Waals surface area (Å²) in [6.45, 7) is 4.41. The molecule has 0 saturated carbocycles. The van der Waals surface area contributed by atoms with Gasteiger partial charge >= 0.3 is 0 Å². The first-order valence-corrected chi connectivity index (χ1v) is 5.72. The van der Waals surface area contributed by atoms with Crippen molar-refractivity contribution in [1.29, 1.82) is 0 Å². The summed E-state index contributed by atoms with van der Waals surface area (Å²) in [5.74, 6) is -0.280. The molecular formula is C11H12Cl2N2O2. The highest BCUT2D eigenvalue weighted by Gasteiger charge is 2.10. The van der Waals surface area contributed by atoms with Crippen LogP contribution in [0.25, 0.3) is 0 Å². The molecule has 4 nitrogen and oxygen atoms in total. The van der Waals surface area contributed by atoms with Gasteiger partial charge in [-0.2, -0.15) is 0 Å². The van der Waals surface area contributed by atoms with Gasteiger partial charge in [0.1, 0.15) is 5.15 Å². The van der Waals surface area contributed by atoms with E-state index in [2.05, 4.69) is 16.9 Å². The van der Waals surface area contributed by atoms with E-state index < -0.39 is 0 Å². The highest BCUT2D eigenvalue weighted by molar-refractivity contribution is 6.35. The van der Waals surface area contributed by atoms with Crippen molar-refractivity contribution in [3.63, 3.8) is 0 Å². The standard InChI is InChI=1S/C11H12Cl2N2O2/c1-2-17-5-3-4-14-11(16)8-6-10(13)15-7-9(8)12/h2,6-7H,1,3-5H2,(H,14,16). The van der Waals surface area contributed by atoms with Gasteiger partial charge in [-0.1, -0.05) is 29.8 Å². The summed E-state index contributed by atoms with van der Waals surface area (Å²) in [5.41, 5.74) is 0.316. The molecule has 0 radical (unpaired) electrons. The van der Waals surface area contributed by atoms with Gasteiger partial charge in [-0.3, -0.25) is 4.79 Å². The molecule has 0 aliphatic carbocycles. The Morgan fingerprint density at radius 2 is 2.35 bits per heavy atom. The second-order valence-corrected chi connectivity index (χ2v) is 3.93. The fourth-order valence-corrected chi connectivity index (χ4v) is 1.47. The molecule has 1 N–H and O–H groups in total. The summed E-state index contributed by atoms with van der Waals surface area (Å²) in [6, 6.07) is 1.43. The topological polar surface area (TPSA) is 51.2 Å². The molecule has 92 valence electrons. The average molecular weight is 275 g/mol. The Labute approximate surface area is 110 Å². The Hall–Kier alpha value is -1.26. The minimum Gasteiger partial charge on any atom is -0.502 e. The van der Waals surface area contributed by atoms with Gasteiger partial charge in [0.15, 0.2) is 0 Å². The third kappa shape index (κ3) is 4.63. The highest BCUT2D eigenvalue weighted by atomic mass is 35.5. The van der Waals surface area contributed by atoms with E-state index in [1.807, 2.05) is 0 Å². The van der Waals surface area contributed by atoms with Crippen LogP contribution in [0.2, 0.25) is 10.2 Å². The van der Waals surface area contributed by atoms with Crippen LogP contribution in [-0.4, -0.2) is 24.0 Å². The lowest BCUT2D eigenvalue weighted by molar-refractivity contribution is 0.0950. The van der Waals surface area contributed by atoms with Crippen LogP contribution in [0.4, 0.5) is 0 Å². The highest BCUT2D eigenvalue weighted by Crippen LogP contribution is 2.17. The van der Waals surface area contributed by atoms with Crippen molar-refractivity contribution in [2.24, 2.45) is 0 Å². The fourth-order valence-electron chi connectivity index (χ4n) is 1.12. The number of carbonyl (C=O) groups is 1. The number of ether oxygens (including phenoxy) is 1. The Morgan fingerprint density at radius 3 is 3.06 bits per heavy atom. The lowest BCUT2D eigenvalue weighted by Crippen LogP contribution is -2.25. The van der Waals surface area contributed by atoms with E-state index in [0.29, 0.717) is 25.1 Å². The zero-order valence-corrected chi connectivity index (χ0v) is 10.6. The monoisotopic (exact) mass is 274 g/mol. The average Bonchev–Trinajstić information content (AvgIpc) is 2.32. The maximum Gasteiger partial charge on any atom is 0.252 e. The normalized spacial score (nSPS) is 9.76. The van der Waals surface area contributed by atoms with Crippen LogP contribution in [0, 0.1) is 0 Å². The summed E-state index contributed by atoms with van der Waals surface area (Å²) >= 11 is 11.5. The number of amides is 1. The second-order valence-electron chi connectivity index (χ2n) is 3.13. The van der Waals surface area contributed by atoms with Crippen molar-refractivity contribution in [3.05, 3.63) is 40.8 Å². The number of hydrogen-bond acceptors (Lipinski definition) is 3. The molecule has 0 spiro atoms. The van der Waals surface area contributed by atoms with E-state index >= 15 is 0 Å². The smallest absolute Gasteiger partial charge is 0.252 e. The van der Waals surface area contributed by atoms with E-state index in [1.54, 1.807) is 0 Å². The fraction of sp³-hybridized carbons (Fsp3) is 0.273. The molecule has 1 aromatic heterocycles. The number of aromatic nitrogens is 1. The van der Waals surface area contributed by atoms with Crippen LogP contribution in [0.15, 0.2) is 25.1 Å². The first-order chi connectivity index (χ1) is 8.15. The molecule has 0 saturated heterocycles. The van der Waals surface area contributed by atoms with Crippen molar-refractivity contribution in [1.82, 2.24) is 10.3 Å². The molecule has 0 aromatic carbocycles. The van der Waals surface area contributed by atoms with Gasteiger partial charge in [0.25, 0.3) is 5.91 Å². The molecule has 0 aliphatic rings. The molecule has 1 aromatic rings. The molecule has 0 aliphatic heterocycles. The van der Waals surface area contributed by atoms with Crippen LogP contribution in [0.3, 0.4) is 0 Å². The number of nitrogens with one attached hydrogen (secondary N) is 1. The van der Waals surface area contributed by atoms with Crippen LogP contribution in [0.5, 0.6) is 0 Å². The maximum absolute atomic E-state index is 11.7. The zero-order chi connectivity index (χ0) is 12.7. The number of pyridine rings is 1. The van der Waals surface area contributed by atoms with Crippen molar-refractivity contribution >= 4 is 29.1 Å². The second kappa shape index (κ2) is 7.14. The summed E-state index contributed by atoms with van der Waals surface area (Å²) in [5, 5.41) is 3.21. The quantitative estimate of drug-likeness (QED) is 0.493. The van der Waals surface area contributed by atoms with Gasteiger partial charge in [0, 0.05) is 12.7 Å². The molecule has 0 atom stereocenters. The van der Waals surface area contributed by atoms with E-state index in [-0.39, 0.29) is 16.1 Å². The molecule has 0 fully saturated rings. The zero-order valence-electron chi connectivity index (χ0n) is 9.08. The van der Waals surface area contributed by atoms with Gasteiger partial charge in [-0.25, -0.2) is 4.98 Å². The molecule has 6 heteroatoms. The summed E-state index contributed by atoms with van der Waals surface area (Å²) in [6.07, 6.45) is 3.40. The Balaban J connectivity index is 2.46. The summed E-state index contributed by atoms with van der Waals surface area (Å²) in [4.78, 5) is 15.5. The largest absolute Gasteiger partial charge is 0.502 e. The lowest BCUT2D eigenvalue weighted by Gasteiger charge is -2.06. The molecular weight excluding hydrogens is 263 g/mol. The number of carbonyl (C=O) groups excluding carboxylic acids is 1. The van der Waals surface area contributed by atoms with Crippen molar-refractivity contribution in [2.45, 2.75) is 6.42 Å². The summed E-state index contributed by atoms with van der Waals surface area (Å²) in [7, 11) is 0. The predicted octanol–water partition coefficient (Wildman–Crippen LogP) is 2.67. The number of rotatable bonds is 6. The van der Waals surface area contributed by atoms with E-state index in [4.69, 9.17) is 27.9 Å². The van der Waals surface area contributed by atoms with Crippen molar-refractivity contribution in [3.8, 4) is 0 Å². The Kier molecular flexibility index (Phi) is 5.80. The van der Waals surface area contributed by atoms with Gasteiger partial charge < -0.3 is 10.1 Å². The minimum absolute atomic E-state index is 0.231. The van der Waals surface area contributed by atoms with Crippen LogP contribution < -0.4 is 5.32 Å². The molecule has 17 heavy (non-hydrogen) atoms. The predicted molar refractivity (Wildman–Crippen MR) is 67.4 cm³/mol. The molecule has 1 heterocycles. The number of halogens is 2. The number of nitrogens with zero attached hydrogens (tertiary/aromatic N) is 1. The Bertz CT molecular complexity index is 410. The molecule has 0 bridgehead atoms. The summed E-state index contributed by atoms with van der Waals surface area (Å²) < 4.78 is 4.92. The van der Waals surface area contributed by atoms with Crippen molar-refractivity contribution < 1.29 is 9.53 Å². The van der Waals surface area contributed by atoms with Gasteiger partial charge in [-0.05, 0) is 12.5 Å². The van der Waals surface area contributed by atoms with Crippen LogP contribution in [0.1, 0.15) is 16.8 Å². The van der Waals surface area contributed by atoms with Crippen molar-refractivity contribution in [2.75, 3.05) is 13.2 Å². The first kappa shape index (κ1) is 13.8. The lowest BCUT2D eigenvalue weighted by atomic mass is 10.2. The van der Waals surface area contributed by atoms with E-state index in [0.717, 1.165) is 0 Å². The van der Waals surface area contributed by atoms with Gasteiger partial charge in [0.2, 0.25) is 0 Å². The SMILES string of the molecule is C=COCCCNC(=O)c1cc(Cl)ncc1Cl. The third-order valence-corrected chi connectivity index (χ3v) is 2.42. The molecule has 1 amide bonds.